The van der Waals surface area contributed by atoms with Crippen LogP contribution in [0.15, 0.2) is 29.2 Å². The van der Waals surface area contributed by atoms with Gasteiger partial charge in [0.2, 0.25) is 15.9 Å². The van der Waals surface area contributed by atoms with E-state index in [9.17, 15) is 17.6 Å². The summed E-state index contributed by atoms with van der Waals surface area (Å²) in [4.78, 5) is 12.5. The van der Waals surface area contributed by atoms with Gasteiger partial charge in [-0.25, -0.2) is 12.8 Å². The molecule has 1 N–H and O–H groups in total. The van der Waals surface area contributed by atoms with Crippen LogP contribution in [0.3, 0.4) is 0 Å². The predicted octanol–water partition coefficient (Wildman–Crippen LogP) is 2.68. The molecule has 138 valence electrons. The van der Waals surface area contributed by atoms with Gasteiger partial charge in [0.15, 0.2) is 0 Å². The van der Waals surface area contributed by atoms with Crippen molar-refractivity contribution in [1.82, 2.24) is 9.62 Å². The molecule has 2 fully saturated rings. The maximum Gasteiger partial charge on any atom is 0.243 e. The first kappa shape index (κ1) is 18.3. The Hall–Kier alpha value is -1.47. The van der Waals surface area contributed by atoms with E-state index in [1.165, 1.54) is 22.9 Å². The van der Waals surface area contributed by atoms with Crippen molar-refractivity contribution in [3.05, 3.63) is 30.1 Å². The molecular formula is C18H25FN2O3S. The predicted molar refractivity (Wildman–Crippen MR) is 92.9 cm³/mol. The lowest BCUT2D eigenvalue weighted by molar-refractivity contribution is -0.126. The molecule has 7 heteroatoms. The molecule has 1 aromatic carbocycles. The highest BCUT2D eigenvalue weighted by Gasteiger charge is 2.32. The van der Waals surface area contributed by atoms with Crippen LogP contribution in [0.1, 0.15) is 44.9 Å². The Morgan fingerprint density at radius 1 is 1.04 bits per heavy atom. The van der Waals surface area contributed by atoms with Crippen LogP contribution >= 0.6 is 0 Å². The van der Waals surface area contributed by atoms with Gasteiger partial charge in [0.25, 0.3) is 0 Å². The molecule has 0 aromatic heterocycles. The average Bonchev–Trinajstić information content (AvgIpc) is 2.63. The quantitative estimate of drug-likeness (QED) is 0.889. The fraction of sp³-hybridized carbons (Fsp3) is 0.611. The minimum absolute atomic E-state index is 0.0609. The number of piperidine rings is 1. The van der Waals surface area contributed by atoms with Crippen LogP contribution in [-0.4, -0.2) is 37.8 Å². The number of amides is 1. The van der Waals surface area contributed by atoms with E-state index in [0.29, 0.717) is 13.0 Å². The van der Waals surface area contributed by atoms with Crippen LogP contribution < -0.4 is 5.32 Å². The van der Waals surface area contributed by atoms with Crippen LogP contribution in [0.5, 0.6) is 0 Å². The third-order valence-electron chi connectivity index (χ3n) is 5.16. The van der Waals surface area contributed by atoms with Gasteiger partial charge in [-0.3, -0.25) is 4.79 Å². The zero-order valence-corrected chi connectivity index (χ0v) is 15.1. The smallest absolute Gasteiger partial charge is 0.243 e. The molecule has 0 spiro atoms. The second-order valence-electron chi connectivity index (χ2n) is 7.00. The average molecular weight is 368 g/mol. The molecule has 0 radical (unpaired) electrons. The molecule has 2 aliphatic rings. The van der Waals surface area contributed by atoms with E-state index < -0.39 is 15.8 Å². The van der Waals surface area contributed by atoms with E-state index in [0.717, 1.165) is 44.2 Å². The Balaban J connectivity index is 1.64. The van der Waals surface area contributed by atoms with Gasteiger partial charge in [-0.1, -0.05) is 19.3 Å². The fourth-order valence-corrected chi connectivity index (χ4v) is 5.24. The largest absolute Gasteiger partial charge is 0.352 e. The van der Waals surface area contributed by atoms with E-state index in [1.54, 1.807) is 0 Å². The van der Waals surface area contributed by atoms with Gasteiger partial charge in [0, 0.05) is 25.0 Å². The molecule has 0 bridgehead atoms. The fourth-order valence-electron chi connectivity index (χ4n) is 3.72. The Labute approximate surface area is 148 Å². The molecule has 1 aliphatic heterocycles. The van der Waals surface area contributed by atoms with Crippen molar-refractivity contribution in [2.75, 3.05) is 13.1 Å². The zero-order valence-electron chi connectivity index (χ0n) is 14.3. The van der Waals surface area contributed by atoms with Crippen LogP contribution in [0.25, 0.3) is 0 Å². The number of hydrogen-bond donors (Lipinski definition) is 1. The standard InChI is InChI=1S/C18H25FN2O3S/c19-15-8-10-17(11-9-15)25(23,24)21-12-4-7-16(13-21)20-18(22)14-5-2-1-3-6-14/h8-11,14,16H,1-7,12-13H2,(H,20,22)/t16-/m0/s1. The molecule has 1 amide bonds. The molecule has 5 nitrogen and oxygen atoms in total. The molecule has 25 heavy (non-hydrogen) atoms. The van der Waals surface area contributed by atoms with E-state index >= 15 is 0 Å². The van der Waals surface area contributed by atoms with Crippen molar-refractivity contribution < 1.29 is 17.6 Å². The summed E-state index contributed by atoms with van der Waals surface area (Å²) >= 11 is 0. The Morgan fingerprint density at radius 3 is 2.40 bits per heavy atom. The number of hydrogen-bond acceptors (Lipinski definition) is 3. The van der Waals surface area contributed by atoms with Gasteiger partial charge in [-0.05, 0) is 49.9 Å². The van der Waals surface area contributed by atoms with Crippen molar-refractivity contribution in [3.8, 4) is 0 Å². The number of nitrogens with one attached hydrogen (secondary N) is 1. The number of carbonyl (C=O) groups is 1. The number of benzene rings is 1. The lowest BCUT2D eigenvalue weighted by Gasteiger charge is -2.33. The van der Waals surface area contributed by atoms with Gasteiger partial charge in [-0.2, -0.15) is 4.31 Å². The number of carbonyl (C=O) groups excluding carboxylic acids is 1. The maximum atomic E-state index is 13.0. The number of rotatable bonds is 4. The number of nitrogens with zero attached hydrogens (tertiary/aromatic N) is 1. The summed E-state index contributed by atoms with van der Waals surface area (Å²) in [6.07, 6.45) is 6.72. The van der Waals surface area contributed by atoms with Crippen molar-refractivity contribution in [3.63, 3.8) is 0 Å². The molecular weight excluding hydrogens is 343 g/mol. The van der Waals surface area contributed by atoms with Crippen molar-refractivity contribution in [1.29, 1.82) is 0 Å². The monoisotopic (exact) mass is 368 g/mol. The summed E-state index contributed by atoms with van der Waals surface area (Å²) in [6, 6.07) is 4.72. The third-order valence-corrected chi connectivity index (χ3v) is 7.04. The Bertz CT molecular complexity index is 700. The molecule has 1 heterocycles. The van der Waals surface area contributed by atoms with Crippen LogP contribution in [0, 0.1) is 11.7 Å². The lowest BCUT2D eigenvalue weighted by atomic mass is 9.88. The summed E-state index contributed by atoms with van der Waals surface area (Å²) < 4.78 is 39.9. The second kappa shape index (κ2) is 7.83. The Kier molecular flexibility index (Phi) is 5.74. The molecule has 0 unspecified atom stereocenters. The summed E-state index contributed by atoms with van der Waals surface area (Å²) in [6.45, 7) is 0.702. The Morgan fingerprint density at radius 2 is 1.72 bits per heavy atom. The van der Waals surface area contributed by atoms with Gasteiger partial charge in [0.05, 0.1) is 4.90 Å². The van der Waals surface area contributed by atoms with Crippen LogP contribution in [-0.2, 0) is 14.8 Å². The third kappa shape index (κ3) is 4.39. The second-order valence-corrected chi connectivity index (χ2v) is 8.94. The van der Waals surface area contributed by atoms with E-state index in [-0.39, 0.29) is 29.3 Å². The first-order valence-corrected chi connectivity index (χ1v) is 10.5. The highest BCUT2D eigenvalue weighted by molar-refractivity contribution is 7.89. The molecule has 1 aliphatic carbocycles. The molecule has 3 rings (SSSR count). The van der Waals surface area contributed by atoms with Gasteiger partial charge < -0.3 is 5.32 Å². The number of halogens is 1. The van der Waals surface area contributed by atoms with Crippen molar-refractivity contribution in [2.45, 2.75) is 55.9 Å². The van der Waals surface area contributed by atoms with Gasteiger partial charge in [-0.15, -0.1) is 0 Å². The first-order chi connectivity index (χ1) is 12.0. The highest BCUT2D eigenvalue weighted by Crippen LogP contribution is 2.25. The van der Waals surface area contributed by atoms with E-state index in [1.807, 2.05) is 0 Å². The molecule has 1 atom stereocenters. The minimum Gasteiger partial charge on any atom is -0.352 e. The topological polar surface area (TPSA) is 66.5 Å². The van der Waals surface area contributed by atoms with E-state index in [2.05, 4.69) is 5.32 Å². The summed E-state index contributed by atoms with van der Waals surface area (Å²) in [5.41, 5.74) is 0. The first-order valence-electron chi connectivity index (χ1n) is 9.03. The van der Waals surface area contributed by atoms with Crippen LogP contribution in [0.4, 0.5) is 4.39 Å². The zero-order chi connectivity index (χ0) is 17.9. The normalized spacial score (nSPS) is 23.3. The van der Waals surface area contributed by atoms with Crippen LogP contribution in [0.2, 0.25) is 0 Å². The summed E-state index contributed by atoms with van der Waals surface area (Å²) in [5.74, 6) is -0.334. The maximum absolute atomic E-state index is 13.0. The molecule has 1 saturated heterocycles. The molecule has 1 aromatic rings. The summed E-state index contributed by atoms with van der Waals surface area (Å²) in [5, 5.41) is 3.05. The lowest BCUT2D eigenvalue weighted by Crippen LogP contribution is -2.50. The van der Waals surface area contributed by atoms with Crippen molar-refractivity contribution in [2.24, 2.45) is 5.92 Å². The van der Waals surface area contributed by atoms with E-state index in [4.69, 9.17) is 0 Å². The van der Waals surface area contributed by atoms with Gasteiger partial charge in [0.1, 0.15) is 5.82 Å². The number of sulfonamides is 1. The van der Waals surface area contributed by atoms with Gasteiger partial charge >= 0.3 is 0 Å². The highest BCUT2D eigenvalue weighted by atomic mass is 32.2. The SMILES string of the molecule is O=C(N[C@H]1CCCN(S(=O)(=O)c2ccc(F)cc2)C1)C1CCCCC1. The summed E-state index contributed by atoms with van der Waals surface area (Å²) in [7, 11) is -3.66. The minimum atomic E-state index is -3.66. The molecule has 1 saturated carbocycles. The van der Waals surface area contributed by atoms with Crippen molar-refractivity contribution >= 4 is 15.9 Å².